The first-order valence-corrected chi connectivity index (χ1v) is 8.42. The maximum atomic E-state index is 12.2. The van der Waals surface area contributed by atoms with E-state index in [0.717, 1.165) is 0 Å². The topological polar surface area (TPSA) is 103 Å². The summed E-state index contributed by atoms with van der Waals surface area (Å²) in [4.78, 5) is 24.2. The fourth-order valence-electron chi connectivity index (χ4n) is 2.28. The Labute approximate surface area is 157 Å². The first-order chi connectivity index (χ1) is 12.8. The highest BCUT2D eigenvalue weighted by atomic mass is 16.5. The molecule has 0 spiro atoms. The SMILES string of the molecule is COc1cc(/C=C/C(=O)O[C@@H](C)C(=O)Nc2ccnn2C(C)C)ccc1O. The van der Waals surface area contributed by atoms with Crippen molar-refractivity contribution in [3.8, 4) is 11.5 Å². The monoisotopic (exact) mass is 373 g/mol. The fraction of sp³-hybridized carbons (Fsp3) is 0.316. The zero-order chi connectivity index (χ0) is 20.0. The van der Waals surface area contributed by atoms with E-state index in [2.05, 4.69) is 10.4 Å². The number of aromatic nitrogens is 2. The summed E-state index contributed by atoms with van der Waals surface area (Å²) in [6.45, 7) is 5.37. The number of carbonyl (C=O) groups is 2. The van der Waals surface area contributed by atoms with Crippen LogP contribution in [0.15, 0.2) is 36.5 Å². The summed E-state index contributed by atoms with van der Waals surface area (Å²) in [6.07, 6.45) is 3.31. The van der Waals surface area contributed by atoms with Crippen LogP contribution in [0.1, 0.15) is 32.4 Å². The lowest BCUT2D eigenvalue weighted by molar-refractivity contribution is -0.148. The number of methoxy groups -OCH3 is 1. The molecule has 0 bridgehead atoms. The molecule has 1 heterocycles. The number of benzene rings is 1. The third-order valence-corrected chi connectivity index (χ3v) is 3.69. The molecule has 1 aromatic carbocycles. The van der Waals surface area contributed by atoms with E-state index in [1.807, 2.05) is 13.8 Å². The van der Waals surface area contributed by atoms with Gasteiger partial charge in [0.15, 0.2) is 17.6 Å². The molecular weight excluding hydrogens is 350 g/mol. The van der Waals surface area contributed by atoms with Crippen LogP contribution >= 0.6 is 0 Å². The normalized spacial score (nSPS) is 12.2. The summed E-state index contributed by atoms with van der Waals surface area (Å²) in [5, 5.41) is 16.4. The fourth-order valence-corrected chi connectivity index (χ4v) is 2.28. The lowest BCUT2D eigenvalue weighted by atomic mass is 10.2. The van der Waals surface area contributed by atoms with E-state index < -0.39 is 18.0 Å². The van der Waals surface area contributed by atoms with Crippen LogP contribution < -0.4 is 10.1 Å². The van der Waals surface area contributed by atoms with E-state index in [1.54, 1.807) is 29.1 Å². The number of carbonyl (C=O) groups excluding carboxylic acids is 2. The van der Waals surface area contributed by atoms with E-state index in [4.69, 9.17) is 9.47 Å². The molecule has 2 rings (SSSR count). The van der Waals surface area contributed by atoms with Gasteiger partial charge in [0.05, 0.1) is 13.3 Å². The van der Waals surface area contributed by atoms with Gasteiger partial charge in [-0.25, -0.2) is 9.48 Å². The second-order valence-electron chi connectivity index (χ2n) is 6.09. The van der Waals surface area contributed by atoms with Crippen molar-refractivity contribution in [2.24, 2.45) is 0 Å². The minimum atomic E-state index is -0.980. The Balaban J connectivity index is 1.94. The standard InChI is InChI=1S/C19H23N3O5/c1-12(2)22-17(9-10-20-22)21-19(25)13(3)27-18(24)8-6-14-5-7-15(23)16(11-14)26-4/h5-13,23H,1-4H3,(H,21,25)/b8-6+/t13-/m0/s1. The van der Waals surface area contributed by atoms with Crippen molar-refractivity contribution in [2.45, 2.75) is 32.9 Å². The average molecular weight is 373 g/mol. The minimum absolute atomic E-state index is 0.00292. The Kier molecular flexibility index (Phi) is 6.59. The van der Waals surface area contributed by atoms with Crippen LogP contribution in [-0.4, -0.2) is 40.0 Å². The highest BCUT2D eigenvalue weighted by Crippen LogP contribution is 2.26. The number of anilines is 1. The Morgan fingerprint density at radius 1 is 1.26 bits per heavy atom. The average Bonchev–Trinajstić information content (AvgIpc) is 3.09. The molecular formula is C19H23N3O5. The van der Waals surface area contributed by atoms with E-state index in [9.17, 15) is 14.7 Å². The molecule has 144 valence electrons. The van der Waals surface area contributed by atoms with Gasteiger partial charge in [0, 0.05) is 18.2 Å². The van der Waals surface area contributed by atoms with Gasteiger partial charge in [-0.15, -0.1) is 0 Å². The molecule has 0 saturated carbocycles. The number of phenols is 1. The number of rotatable bonds is 7. The highest BCUT2D eigenvalue weighted by Gasteiger charge is 2.18. The molecule has 0 aliphatic rings. The zero-order valence-corrected chi connectivity index (χ0v) is 15.7. The number of ether oxygens (including phenoxy) is 2. The van der Waals surface area contributed by atoms with Crippen molar-refractivity contribution >= 4 is 23.8 Å². The Morgan fingerprint density at radius 3 is 2.67 bits per heavy atom. The van der Waals surface area contributed by atoms with Crippen LogP contribution in [0.3, 0.4) is 0 Å². The van der Waals surface area contributed by atoms with Crippen molar-refractivity contribution in [2.75, 3.05) is 12.4 Å². The molecule has 0 unspecified atom stereocenters. The Morgan fingerprint density at radius 2 is 2.00 bits per heavy atom. The van der Waals surface area contributed by atoms with Crippen LogP contribution in [0.2, 0.25) is 0 Å². The van der Waals surface area contributed by atoms with Gasteiger partial charge in [0.1, 0.15) is 5.82 Å². The molecule has 0 fully saturated rings. The molecule has 0 aliphatic carbocycles. The zero-order valence-electron chi connectivity index (χ0n) is 15.7. The molecule has 8 heteroatoms. The van der Waals surface area contributed by atoms with E-state index >= 15 is 0 Å². The quantitative estimate of drug-likeness (QED) is 0.571. The lowest BCUT2D eigenvalue weighted by Gasteiger charge is -2.15. The number of esters is 1. The molecule has 0 aliphatic heterocycles. The van der Waals surface area contributed by atoms with Gasteiger partial charge in [-0.3, -0.25) is 4.79 Å². The van der Waals surface area contributed by atoms with Crippen molar-refractivity contribution < 1.29 is 24.2 Å². The summed E-state index contributed by atoms with van der Waals surface area (Å²) in [7, 11) is 1.43. The Hall–Kier alpha value is -3.29. The van der Waals surface area contributed by atoms with Crippen LogP contribution in [-0.2, 0) is 14.3 Å². The predicted molar refractivity (Wildman–Crippen MR) is 100 cm³/mol. The molecule has 2 N–H and O–H groups in total. The molecule has 1 aromatic heterocycles. The van der Waals surface area contributed by atoms with Crippen molar-refractivity contribution in [1.82, 2.24) is 9.78 Å². The first-order valence-electron chi connectivity index (χ1n) is 8.42. The predicted octanol–water partition coefficient (Wildman–Crippen LogP) is 2.76. The van der Waals surface area contributed by atoms with E-state index in [-0.39, 0.29) is 11.8 Å². The maximum Gasteiger partial charge on any atom is 0.331 e. The second-order valence-corrected chi connectivity index (χ2v) is 6.09. The van der Waals surface area contributed by atoms with Crippen molar-refractivity contribution in [3.05, 3.63) is 42.1 Å². The van der Waals surface area contributed by atoms with Crippen LogP contribution in [0.5, 0.6) is 11.5 Å². The molecule has 1 amide bonds. The van der Waals surface area contributed by atoms with Gasteiger partial charge in [-0.2, -0.15) is 5.10 Å². The summed E-state index contributed by atoms with van der Waals surface area (Å²) >= 11 is 0. The van der Waals surface area contributed by atoms with Crippen molar-refractivity contribution in [3.63, 3.8) is 0 Å². The summed E-state index contributed by atoms with van der Waals surface area (Å²) in [5.74, 6) is -0.291. The molecule has 27 heavy (non-hydrogen) atoms. The molecule has 1 atom stereocenters. The number of amides is 1. The highest BCUT2D eigenvalue weighted by molar-refractivity contribution is 5.96. The number of nitrogens with zero attached hydrogens (tertiary/aromatic N) is 2. The van der Waals surface area contributed by atoms with Crippen LogP contribution in [0.4, 0.5) is 5.82 Å². The molecule has 0 saturated heterocycles. The second kappa shape index (κ2) is 8.88. The van der Waals surface area contributed by atoms with Gasteiger partial charge in [0.25, 0.3) is 5.91 Å². The van der Waals surface area contributed by atoms with Crippen LogP contribution in [0.25, 0.3) is 6.08 Å². The van der Waals surface area contributed by atoms with E-state index in [0.29, 0.717) is 17.1 Å². The minimum Gasteiger partial charge on any atom is -0.504 e. The largest absolute Gasteiger partial charge is 0.504 e. The number of aromatic hydroxyl groups is 1. The smallest absolute Gasteiger partial charge is 0.331 e. The molecule has 8 nitrogen and oxygen atoms in total. The first kappa shape index (κ1) is 20.0. The van der Waals surface area contributed by atoms with E-state index in [1.165, 1.54) is 32.3 Å². The number of nitrogens with one attached hydrogen (secondary N) is 1. The van der Waals surface area contributed by atoms with Crippen LogP contribution in [0, 0.1) is 0 Å². The number of phenolic OH excluding ortho intramolecular Hbond substituents is 1. The van der Waals surface area contributed by atoms with Crippen molar-refractivity contribution in [1.29, 1.82) is 0 Å². The summed E-state index contributed by atoms with van der Waals surface area (Å²) in [6, 6.07) is 6.40. The van der Waals surface area contributed by atoms with Gasteiger partial charge < -0.3 is 19.9 Å². The number of hydrogen-bond donors (Lipinski definition) is 2. The molecule has 2 aromatic rings. The van der Waals surface area contributed by atoms with Gasteiger partial charge in [-0.05, 0) is 44.5 Å². The maximum absolute atomic E-state index is 12.2. The third-order valence-electron chi connectivity index (χ3n) is 3.69. The summed E-state index contributed by atoms with van der Waals surface area (Å²) in [5.41, 5.74) is 0.638. The lowest BCUT2D eigenvalue weighted by Crippen LogP contribution is -2.30. The summed E-state index contributed by atoms with van der Waals surface area (Å²) < 4.78 is 11.8. The van der Waals surface area contributed by atoms with Gasteiger partial charge in [-0.1, -0.05) is 6.07 Å². The third kappa shape index (κ3) is 5.34. The van der Waals surface area contributed by atoms with Gasteiger partial charge in [0.2, 0.25) is 0 Å². The number of hydrogen-bond acceptors (Lipinski definition) is 6. The molecule has 0 radical (unpaired) electrons. The Bertz CT molecular complexity index is 842. The van der Waals surface area contributed by atoms with Gasteiger partial charge >= 0.3 is 5.97 Å².